The zero-order chi connectivity index (χ0) is 13.3. The molecule has 0 radical (unpaired) electrons. The molecule has 2 N–H and O–H groups in total. The highest BCUT2D eigenvalue weighted by Crippen LogP contribution is 2.05. The van der Waals surface area contributed by atoms with Crippen molar-refractivity contribution < 1.29 is 19.4 Å². The Hall–Kier alpha value is -1.10. The maximum Gasteiger partial charge on any atom is 0.326 e. The molecular weight excluding hydrogens is 222 g/mol. The molecule has 0 aromatic carbocycles. The summed E-state index contributed by atoms with van der Waals surface area (Å²) in [4.78, 5) is 22.4. The first-order chi connectivity index (χ1) is 7.97. The van der Waals surface area contributed by atoms with Crippen molar-refractivity contribution in [1.82, 2.24) is 5.32 Å². The smallest absolute Gasteiger partial charge is 0.326 e. The van der Waals surface area contributed by atoms with Crippen LogP contribution < -0.4 is 5.32 Å². The Bertz CT molecular complexity index is 241. The van der Waals surface area contributed by atoms with Crippen molar-refractivity contribution in [2.24, 2.45) is 5.92 Å². The van der Waals surface area contributed by atoms with Crippen molar-refractivity contribution in [1.29, 1.82) is 0 Å². The Morgan fingerprint density at radius 1 is 1.35 bits per heavy atom. The second-order valence-corrected chi connectivity index (χ2v) is 4.39. The molecule has 17 heavy (non-hydrogen) atoms. The topological polar surface area (TPSA) is 75.6 Å². The van der Waals surface area contributed by atoms with E-state index in [2.05, 4.69) is 5.32 Å². The maximum absolute atomic E-state index is 11.5. The molecule has 0 saturated carbocycles. The van der Waals surface area contributed by atoms with Crippen LogP contribution in [-0.4, -0.2) is 36.2 Å². The zero-order valence-electron chi connectivity index (χ0n) is 10.9. The van der Waals surface area contributed by atoms with Gasteiger partial charge in [0, 0.05) is 19.6 Å². The number of aliphatic carboxylic acids is 1. The quantitative estimate of drug-likeness (QED) is 0.602. The summed E-state index contributed by atoms with van der Waals surface area (Å²) >= 11 is 0. The minimum Gasteiger partial charge on any atom is -0.480 e. The minimum atomic E-state index is -0.975. The summed E-state index contributed by atoms with van der Waals surface area (Å²) in [5.74, 6) is -0.963. The molecule has 0 fully saturated rings. The van der Waals surface area contributed by atoms with E-state index in [1.165, 1.54) is 0 Å². The summed E-state index contributed by atoms with van der Waals surface area (Å²) in [7, 11) is 0. The molecular formula is C12H23NO4. The maximum atomic E-state index is 11.5. The molecule has 1 atom stereocenters. The van der Waals surface area contributed by atoms with E-state index in [4.69, 9.17) is 9.84 Å². The van der Waals surface area contributed by atoms with E-state index in [1.807, 2.05) is 20.8 Å². The normalized spacial score (nSPS) is 12.5. The summed E-state index contributed by atoms with van der Waals surface area (Å²) in [6.45, 7) is 6.91. The van der Waals surface area contributed by atoms with Crippen LogP contribution >= 0.6 is 0 Å². The van der Waals surface area contributed by atoms with Gasteiger partial charge in [0.1, 0.15) is 6.04 Å². The lowest BCUT2D eigenvalue weighted by Crippen LogP contribution is -2.41. The van der Waals surface area contributed by atoms with Gasteiger partial charge in [-0.1, -0.05) is 13.8 Å². The Labute approximate surface area is 103 Å². The molecule has 0 bridgehead atoms. The number of carboxylic acids is 1. The van der Waals surface area contributed by atoms with E-state index in [9.17, 15) is 9.59 Å². The first kappa shape index (κ1) is 15.9. The van der Waals surface area contributed by atoms with Gasteiger partial charge in [0.2, 0.25) is 5.91 Å². The van der Waals surface area contributed by atoms with Gasteiger partial charge < -0.3 is 15.2 Å². The van der Waals surface area contributed by atoms with Crippen molar-refractivity contribution >= 4 is 11.9 Å². The van der Waals surface area contributed by atoms with Gasteiger partial charge in [-0.25, -0.2) is 4.79 Å². The van der Waals surface area contributed by atoms with Crippen molar-refractivity contribution in [3.8, 4) is 0 Å². The number of nitrogens with one attached hydrogen (secondary N) is 1. The Balaban J connectivity index is 3.91. The molecule has 100 valence electrons. The van der Waals surface area contributed by atoms with Crippen molar-refractivity contribution in [2.45, 2.75) is 46.1 Å². The SMILES string of the molecule is CCOCCCC(=O)N[C@@H](CC(C)C)C(=O)O. The first-order valence-corrected chi connectivity index (χ1v) is 6.07. The van der Waals surface area contributed by atoms with E-state index < -0.39 is 12.0 Å². The molecule has 0 aromatic heterocycles. The Morgan fingerprint density at radius 3 is 2.47 bits per heavy atom. The third-order valence-corrected chi connectivity index (χ3v) is 2.24. The highest BCUT2D eigenvalue weighted by molar-refractivity contribution is 5.83. The van der Waals surface area contributed by atoms with Gasteiger partial charge in [0.25, 0.3) is 0 Å². The Morgan fingerprint density at radius 2 is 2.00 bits per heavy atom. The van der Waals surface area contributed by atoms with Gasteiger partial charge >= 0.3 is 5.97 Å². The summed E-state index contributed by atoms with van der Waals surface area (Å²) in [5.41, 5.74) is 0. The third-order valence-electron chi connectivity index (χ3n) is 2.24. The van der Waals surface area contributed by atoms with E-state index in [0.29, 0.717) is 32.5 Å². The summed E-state index contributed by atoms with van der Waals surface area (Å²) in [6, 6.07) is -0.783. The largest absolute Gasteiger partial charge is 0.480 e. The molecule has 0 aromatic rings. The van der Waals surface area contributed by atoms with Gasteiger partial charge in [-0.15, -0.1) is 0 Å². The van der Waals surface area contributed by atoms with Crippen LogP contribution in [0, 0.1) is 5.92 Å². The Kier molecular flexibility index (Phi) is 8.40. The predicted molar refractivity (Wildman–Crippen MR) is 64.7 cm³/mol. The zero-order valence-corrected chi connectivity index (χ0v) is 10.9. The molecule has 5 nitrogen and oxygen atoms in total. The average molecular weight is 245 g/mol. The van der Waals surface area contributed by atoms with Crippen molar-refractivity contribution in [2.75, 3.05) is 13.2 Å². The molecule has 0 aliphatic heterocycles. The summed E-state index contributed by atoms with van der Waals surface area (Å²) in [6.07, 6.45) is 1.38. The van der Waals surface area contributed by atoms with E-state index >= 15 is 0 Å². The summed E-state index contributed by atoms with van der Waals surface area (Å²) in [5, 5.41) is 11.5. The standard InChI is InChI=1S/C12H23NO4/c1-4-17-7-5-6-11(14)13-10(12(15)16)8-9(2)3/h9-10H,4-8H2,1-3H3,(H,13,14)(H,15,16)/t10-/m0/s1. The van der Waals surface area contributed by atoms with Crippen LogP contribution in [-0.2, 0) is 14.3 Å². The lowest BCUT2D eigenvalue weighted by atomic mass is 10.0. The van der Waals surface area contributed by atoms with Crippen LogP contribution in [0.1, 0.15) is 40.0 Å². The molecule has 0 aliphatic carbocycles. The highest BCUT2D eigenvalue weighted by atomic mass is 16.5. The van der Waals surface area contributed by atoms with Gasteiger partial charge in [-0.2, -0.15) is 0 Å². The fraction of sp³-hybridized carbons (Fsp3) is 0.833. The second-order valence-electron chi connectivity index (χ2n) is 4.39. The van der Waals surface area contributed by atoms with Gasteiger partial charge in [0.05, 0.1) is 0 Å². The third kappa shape index (κ3) is 8.68. The number of carbonyl (C=O) groups is 2. The summed E-state index contributed by atoms with van der Waals surface area (Å²) < 4.78 is 5.10. The fourth-order valence-electron chi connectivity index (χ4n) is 1.44. The minimum absolute atomic E-state index is 0.224. The molecule has 0 saturated heterocycles. The van der Waals surface area contributed by atoms with Gasteiger partial charge in [0.15, 0.2) is 0 Å². The lowest BCUT2D eigenvalue weighted by molar-refractivity contribution is -0.142. The average Bonchev–Trinajstić information content (AvgIpc) is 2.22. The molecule has 0 unspecified atom stereocenters. The van der Waals surface area contributed by atoms with E-state index in [-0.39, 0.29) is 11.8 Å². The second kappa shape index (κ2) is 8.98. The molecule has 0 aliphatic rings. The number of carboxylic acid groups (broad SMARTS) is 1. The number of rotatable bonds is 9. The number of amides is 1. The highest BCUT2D eigenvalue weighted by Gasteiger charge is 2.20. The van der Waals surface area contributed by atoms with Crippen LogP contribution in [0.3, 0.4) is 0 Å². The fourth-order valence-corrected chi connectivity index (χ4v) is 1.44. The number of hydrogen-bond acceptors (Lipinski definition) is 3. The van der Waals surface area contributed by atoms with Crippen LogP contribution in [0.25, 0.3) is 0 Å². The van der Waals surface area contributed by atoms with Crippen molar-refractivity contribution in [3.05, 3.63) is 0 Å². The first-order valence-electron chi connectivity index (χ1n) is 6.07. The molecule has 0 heterocycles. The van der Waals surface area contributed by atoms with Crippen LogP contribution in [0.2, 0.25) is 0 Å². The molecule has 0 rings (SSSR count). The van der Waals surface area contributed by atoms with E-state index in [0.717, 1.165) is 0 Å². The number of ether oxygens (including phenoxy) is 1. The van der Waals surface area contributed by atoms with Crippen LogP contribution in [0.15, 0.2) is 0 Å². The monoisotopic (exact) mass is 245 g/mol. The van der Waals surface area contributed by atoms with Gasteiger partial charge in [-0.05, 0) is 25.7 Å². The predicted octanol–water partition coefficient (Wildman–Crippen LogP) is 1.42. The van der Waals surface area contributed by atoms with E-state index in [1.54, 1.807) is 0 Å². The molecule has 5 heteroatoms. The lowest BCUT2D eigenvalue weighted by Gasteiger charge is -2.16. The van der Waals surface area contributed by atoms with Gasteiger partial charge in [-0.3, -0.25) is 4.79 Å². The number of hydrogen-bond donors (Lipinski definition) is 2. The van der Waals surface area contributed by atoms with Crippen LogP contribution in [0.5, 0.6) is 0 Å². The molecule has 1 amide bonds. The van der Waals surface area contributed by atoms with Crippen LogP contribution in [0.4, 0.5) is 0 Å². The molecule has 0 spiro atoms. The number of carbonyl (C=O) groups excluding carboxylic acids is 1. The van der Waals surface area contributed by atoms with Crippen molar-refractivity contribution in [3.63, 3.8) is 0 Å².